The quantitative estimate of drug-likeness (QED) is 0.148. The maximum Gasteiger partial charge on any atom is 0.338 e. The van der Waals surface area contributed by atoms with Crippen LogP contribution in [0.25, 0.3) is 33.0 Å². The van der Waals surface area contributed by atoms with Crippen molar-refractivity contribution in [1.82, 2.24) is 0 Å². The van der Waals surface area contributed by atoms with Crippen LogP contribution < -0.4 is 5.32 Å². The van der Waals surface area contributed by atoms with Crippen molar-refractivity contribution in [3.05, 3.63) is 125 Å². The zero-order valence-corrected chi connectivity index (χ0v) is 28.6. The second-order valence-electron chi connectivity index (χ2n) is 12.7. The zero-order valence-electron chi connectivity index (χ0n) is 28.6. The van der Waals surface area contributed by atoms with Gasteiger partial charge in [-0.25, -0.2) is 9.59 Å². The molecule has 1 N–H and O–H groups in total. The molecule has 0 amide bonds. The van der Waals surface area contributed by atoms with Gasteiger partial charge in [0.05, 0.1) is 29.9 Å². The van der Waals surface area contributed by atoms with Gasteiger partial charge in [-0.15, -0.1) is 0 Å². The maximum atomic E-state index is 13.5. The van der Waals surface area contributed by atoms with Crippen molar-refractivity contribution in [2.45, 2.75) is 66.3 Å². The van der Waals surface area contributed by atoms with Crippen LogP contribution in [0.5, 0.6) is 0 Å². The molecule has 0 saturated carbocycles. The number of carbonyl (C=O) groups is 2. The molecule has 242 valence electrons. The van der Waals surface area contributed by atoms with Crippen LogP contribution in [0.2, 0.25) is 0 Å². The third kappa shape index (κ3) is 7.41. The van der Waals surface area contributed by atoms with Crippen LogP contribution in [0.3, 0.4) is 0 Å². The van der Waals surface area contributed by atoms with Crippen molar-refractivity contribution in [2.24, 2.45) is 0 Å². The van der Waals surface area contributed by atoms with Crippen molar-refractivity contribution in [2.75, 3.05) is 18.5 Å². The summed E-state index contributed by atoms with van der Waals surface area (Å²) >= 11 is 0. The number of nitrogens with one attached hydrogen (secondary N) is 1. The van der Waals surface area contributed by atoms with Crippen LogP contribution in [0.1, 0.15) is 91.3 Å². The first-order valence-corrected chi connectivity index (χ1v) is 16.6. The molecule has 0 aromatic heterocycles. The Morgan fingerprint density at radius 3 is 1.79 bits per heavy atom. The summed E-state index contributed by atoms with van der Waals surface area (Å²) in [6, 6.07) is 32.7. The van der Waals surface area contributed by atoms with Gasteiger partial charge < -0.3 is 14.8 Å². The lowest BCUT2D eigenvalue weighted by Crippen LogP contribution is -2.27. The minimum absolute atomic E-state index is 0.236. The predicted molar refractivity (Wildman–Crippen MR) is 193 cm³/mol. The third-order valence-corrected chi connectivity index (χ3v) is 8.93. The van der Waals surface area contributed by atoms with Gasteiger partial charge in [-0.3, -0.25) is 0 Å². The number of rotatable bonds is 11. The van der Waals surface area contributed by atoms with E-state index in [-0.39, 0.29) is 18.8 Å². The highest BCUT2D eigenvalue weighted by molar-refractivity contribution is 6.06. The van der Waals surface area contributed by atoms with E-state index >= 15 is 0 Å². The van der Waals surface area contributed by atoms with Crippen molar-refractivity contribution in [3.8, 4) is 22.3 Å². The molecule has 0 bridgehead atoms. The molecule has 5 heteroatoms. The van der Waals surface area contributed by atoms with Crippen LogP contribution in [0.4, 0.5) is 5.69 Å². The van der Waals surface area contributed by atoms with Crippen LogP contribution >= 0.6 is 0 Å². The zero-order chi connectivity index (χ0) is 33.7. The number of aryl methyl sites for hydroxylation is 1. The van der Waals surface area contributed by atoms with E-state index in [0.29, 0.717) is 28.2 Å². The highest BCUT2D eigenvalue weighted by Crippen LogP contribution is 2.37. The highest BCUT2D eigenvalue weighted by Gasteiger charge is 2.25. The number of hydrogen-bond donors (Lipinski definition) is 1. The van der Waals surface area contributed by atoms with Gasteiger partial charge in [0, 0.05) is 5.69 Å². The standard InChI is InChI=1S/C42H45NO4/c1-8-28(5)30-13-14-32-24-33(16-15-31(32)23-30)37-26-38(40(44)46-9-2)36(25-39(37)41(45)47-10-3)29-17-19-34(20-18-29)42(6,7)43-35-21-11-27(4)12-22-35/h11-26,28,43H,8-10H2,1-7H3. The number of carbonyl (C=O) groups excluding carboxylic acids is 2. The summed E-state index contributed by atoms with van der Waals surface area (Å²) in [7, 11) is 0. The summed E-state index contributed by atoms with van der Waals surface area (Å²) in [5.74, 6) is -0.409. The molecule has 0 spiro atoms. The van der Waals surface area contributed by atoms with Gasteiger partial charge in [-0.05, 0) is 121 Å². The van der Waals surface area contributed by atoms with Crippen molar-refractivity contribution >= 4 is 28.4 Å². The Balaban J connectivity index is 1.60. The summed E-state index contributed by atoms with van der Waals surface area (Å²) in [6.07, 6.45) is 1.07. The molecule has 1 unspecified atom stereocenters. The maximum absolute atomic E-state index is 13.5. The van der Waals surface area contributed by atoms with Gasteiger partial charge in [0.2, 0.25) is 0 Å². The first kappa shape index (κ1) is 33.5. The van der Waals surface area contributed by atoms with Crippen molar-refractivity contribution in [3.63, 3.8) is 0 Å². The van der Waals surface area contributed by atoms with Gasteiger partial charge >= 0.3 is 11.9 Å². The summed E-state index contributed by atoms with van der Waals surface area (Å²) in [5.41, 5.74) is 7.93. The Hall–Kier alpha value is -4.90. The number of esters is 2. The molecule has 0 radical (unpaired) electrons. The van der Waals surface area contributed by atoms with Gasteiger partial charge in [-0.2, -0.15) is 0 Å². The number of anilines is 1. The topological polar surface area (TPSA) is 64.6 Å². The lowest BCUT2D eigenvalue weighted by Gasteiger charge is -2.28. The Bertz CT molecular complexity index is 1890. The fraction of sp³-hybridized carbons (Fsp3) is 0.286. The van der Waals surface area contributed by atoms with Gasteiger partial charge in [-0.1, -0.05) is 86.1 Å². The van der Waals surface area contributed by atoms with Crippen LogP contribution in [-0.4, -0.2) is 25.2 Å². The molecular weight excluding hydrogens is 582 g/mol. The van der Waals surface area contributed by atoms with Gasteiger partial charge in [0.1, 0.15) is 0 Å². The molecule has 0 heterocycles. The van der Waals surface area contributed by atoms with Gasteiger partial charge in [0.25, 0.3) is 0 Å². The third-order valence-electron chi connectivity index (χ3n) is 8.93. The minimum Gasteiger partial charge on any atom is -0.462 e. The number of hydrogen-bond acceptors (Lipinski definition) is 5. The molecule has 5 nitrogen and oxygen atoms in total. The smallest absolute Gasteiger partial charge is 0.338 e. The lowest BCUT2D eigenvalue weighted by atomic mass is 9.87. The second kappa shape index (κ2) is 14.3. The molecule has 5 aromatic rings. The first-order chi connectivity index (χ1) is 22.5. The Morgan fingerprint density at radius 2 is 1.21 bits per heavy atom. The minimum atomic E-state index is -0.441. The molecule has 0 aliphatic rings. The predicted octanol–water partition coefficient (Wildman–Crippen LogP) is 10.7. The van der Waals surface area contributed by atoms with Crippen LogP contribution in [-0.2, 0) is 15.0 Å². The Labute approximate surface area is 278 Å². The molecule has 0 saturated heterocycles. The fourth-order valence-electron chi connectivity index (χ4n) is 5.94. The lowest BCUT2D eigenvalue weighted by molar-refractivity contribution is 0.0513. The summed E-state index contributed by atoms with van der Waals surface area (Å²) in [5, 5.41) is 5.81. The average Bonchev–Trinajstić information content (AvgIpc) is 3.08. The van der Waals surface area contributed by atoms with E-state index in [4.69, 9.17) is 9.47 Å². The molecule has 5 aromatic carbocycles. The molecule has 1 atom stereocenters. The fourth-order valence-corrected chi connectivity index (χ4v) is 5.94. The molecule has 0 aliphatic heterocycles. The van der Waals surface area contributed by atoms with Gasteiger partial charge in [0.15, 0.2) is 0 Å². The SMILES string of the molecule is CCOC(=O)c1cc(-c2ccc3cc(C(C)CC)ccc3c2)c(C(=O)OCC)cc1-c1ccc(C(C)(C)Nc2ccc(C)cc2)cc1. The average molecular weight is 628 g/mol. The normalized spacial score (nSPS) is 12.1. The van der Waals surface area contributed by atoms with E-state index in [9.17, 15) is 9.59 Å². The molecule has 0 aliphatic carbocycles. The van der Waals surface area contributed by atoms with Crippen LogP contribution in [0.15, 0.2) is 97.1 Å². The second-order valence-corrected chi connectivity index (χ2v) is 12.7. The van der Waals surface area contributed by atoms with Crippen molar-refractivity contribution < 1.29 is 19.1 Å². The monoisotopic (exact) mass is 627 g/mol. The molecule has 47 heavy (non-hydrogen) atoms. The Kier molecular flexibility index (Phi) is 10.1. The van der Waals surface area contributed by atoms with E-state index < -0.39 is 11.9 Å². The molecular formula is C42H45NO4. The molecule has 0 fully saturated rings. The van der Waals surface area contributed by atoms with E-state index in [0.717, 1.165) is 39.6 Å². The largest absolute Gasteiger partial charge is 0.462 e. The van der Waals surface area contributed by atoms with Crippen LogP contribution in [0, 0.1) is 6.92 Å². The van der Waals surface area contributed by atoms with E-state index in [1.54, 1.807) is 26.0 Å². The van der Waals surface area contributed by atoms with Crippen molar-refractivity contribution in [1.29, 1.82) is 0 Å². The van der Waals surface area contributed by atoms with E-state index in [1.807, 2.05) is 18.2 Å². The Morgan fingerprint density at radius 1 is 0.681 bits per heavy atom. The number of benzene rings is 5. The van der Waals surface area contributed by atoms with E-state index in [1.165, 1.54) is 11.1 Å². The van der Waals surface area contributed by atoms with E-state index in [2.05, 4.69) is 107 Å². The highest BCUT2D eigenvalue weighted by atomic mass is 16.5. The summed E-state index contributed by atoms with van der Waals surface area (Å²) in [4.78, 5) is 27.0. The number of ether oxygens (including phenoxy) is 2. The summed E-state index contributed by atoms with van der Waals surface area (Å²) in [6.45, 7) is 14.8. The number of fused-ring (bicyclic) bond motifs is 1. The first-order valence-electron chi connectivity index (χ1n) is 16.6. The molecule has 5 rings (SSSR count). The summed E-state index contributed by atoms with van der Waals surface area (Å²) < 4.78 is 11.1.